The van der Waals surface area contributed by atoms with Crippen LogP contribution in [0.25, 0.3) is 0 Å². The lowest BCUT2D eigenvalue weighted by Gasteiger charge is -2.16. The maximum Gasteiger partial charge on any atom is 0.283 e. The van der Waals surface area contributed by atoms with E-state index in [0.717, 1.165) is 24.2 Å². The lowest BCUT2D eigenvalue weighted by molar-refractivity contribution is -0.120. The molecule has 2 aromatic carbocycles. The first-order chi connectivity index (χ1) is 13.0. The van der Waals surface area contributed by atoms with Gasteiger partial charge >= 0.3 is 0 Å². The van der Waals surface area contributed by atoms with E-state index in [4.69, 9.17) is 16.3 Å². The number of ether oxygens (including phenoxy) is 1. The lowest BCUT2D eigenvalue weighted by Crippen LogP contribution is -2.32. The SMILES string of the molecule is CCCCc1ccc(NC2=C(Cl)C(=O)N(c3cccc(OC)c3)C2=O)cc1. The third-order valence-electron chi connectivity index (χ3n) is 4.38. The maximum atomic E-state index is 12.8. The standard InChI is InChI=1S/C21H21ClN2O3/c1-3-4-6-14-9-11-15(12-10-14)23-19-18(22)20(25)24(21(19)26)16-7-5-8-17(13-16)27-2/h5,7-13,23H,3-4,6H2,1-2H3. The van der Waals surface area contributed by atoms with Crippen LogP contribution in [0.5, 0.6) is 5.75 Å². The zero-order valence-electron chi connectivity index (χ0n) is 15.3. The predicted molar refractivity (Wildman–Crippen MR) is 107 cm³/mol. The second-order valence-corrected chi connectivity index (χ2v) is 6.64. The lowest BCUT2D eigenvalue weighted by atomic mass is 10.1. The van der Waals surface area contributed by atoms with Gasteiger partial charge in [0.2, 0.25) is 0 Å². The van der Waals surface area contributed by atoms with Gasteiger partial charge in [-0.25, -0.2) is 4.90 Å². The number of nitrogens with zero attached hydrogens (tertiary/aromatic N) is 1. The molecule has 0 aromatic heterocycles. The fourth-order valence-electron chi connectivity index (χ4n) is 2.88. The van der Waals surface area contributed by atoms with E-state index in [-0.39, 0.29) is 10.7 Å². The number of amides is 2. The summed E-state index contributed by atoms with van der Waals surface area (Å²) in [7, 11) is 1.52. The molecule has 1 N–H and O–H groups in total. The van der Waals surface area contributed by atoms with E-state index in [0.29, 0.717) is 17.1 Å². The second kappa shape index (κ2) is 8.27. The van der Waals surface area contributed by atoms with Crippen LogP contribution in [-0.2, 0) is 16.0 Å². The molecule has 0 fully saturated rings. The highest BCUT2D eigenvalue weighted by Crippen LogP contribution is 2.31. The monoisotopic (exact) mass is 384 g/mol. The van der Waals surface area contributed by atoms with Crippen LogP contribution in [-0.4, -0.2) is 18.9 Å². The Kier molecular flexibility index (Phi) is 5.81. The number of rotatable bonds is 7. The van der Waals surface area contributed by atoms with Crippen molar-refractivity contribution in [2.24, 2.45) is 0 Å². The van der Waals surface area contributed by atoms with Crippen molar-refractivity contribution in [1.29, 1.82) is 0 Å². The normalized spacial score (nSPS) is 14.1. The molecule has 140 valence electrons. The smallest absolute Gasteiger partial charge is 0.283 e. The van der Waals surface area contributed by atoms with Crippen molar-refractivity contribution in [3.63, 3.8) is 0 Å². The first kappa shape index (κ1) is 19.0. The van der Waals surface area contributed by atoms with Gasteiger partial charge in [-0.2, -0.15) is 0 Å². The molecule has 0 unspecified atom stereocenters. The summed E-state index contributed by atoms with van der Waals surface area (Å²) in [5, 5.41) is 2.86. The fourth-order valence-corrected chi connectivity index (χ4v) is 3.09. The van der Waals surface area contributed by atoms with Gasteiger partial charge in [-0.3, -0.25) is 9.59 Å². The number of methoxy groups -OCH3 is 1. The molecule has 1 aliphatic heterocycles. The number of imide groups is 1. The summed E-state index contributed by atoms with van der Waals surface area (Å²) in [4.78, 5) is 26.4. The molecule has 0 saturated heterocycles. The molecule has 5 nitrogen and oxygen atoms in total. The summed E-state index contributed by atoms with van der Waals surface area (Å²) in [5.41, 5.74) is 2.42. The summed E-state index contributed by atoms with van der Waals surface area (Å²) in [5.74, 6) is -0.501. The quantitative estimate of drug-likeness (QED) is 0.715. The number of benzene rings is 2. The molecule has 2 aromatic rings. The zero-order chi connectivity index (χ0) is 19.4. The summed E-state index contributed by atoms with van der Waals surface area (Å²) >= 11 is 6.17. The van der Waals surface area contributed by atoms with Crippen LogP contribution in [0.2, 0.25) is 0 Å². The van der Waals surface area contributed by atoms with E-state index in [1.807, 2.05) is 24.3 Å². The first-order valence-electron chi connectivity index (χ1n) is 8.83. The van der Waals surface area contributed by atoms with E-state index >= 15 is 0 Å². The van der Waals surface area contributed by atoms with Gasteiger partial charge in [-0.05, 0) is 42.7 Å². The molecular formula is C21H21ClN2O3. The van der Waals surface area contributed by atoms with Gasteiger partial charge in [0.25, 0.3) is 11.8 Å². The van der Waals surface area contributed by atoms with E-state index in [2.05, 4.69) is 12.2 Å². The van der Waals surface area contributed by atoms with Crippen molar-refractivity contribution in [1.82, 2.24) is 0 Å². The van der Waals surface area contributed by atoms with Crippen LogP contribution >= 0.6 is 11.6 Å². The van der Waals surface area contributed by atoms with E-state index in [9.17, 15) is 9.59 Å². The van der Waals surface area contributed by atoms with Crippen molar-refractivity contribution >= 4 is 34.8 Å². The number of nitrogens with one attached hydrogen (secondary N) is 1. The molecule has 6 heteroatoms. The minimum Gasteiger partial charge on any atom is -0.497 e. The van der Waals surface area contributed by atoms with E-state index < -0.39 is 11.8 Å². The Labute approximate surface area is 163 Å². The Balaban J connectivity index is 1.80. The highest BCUT2D eigenvalue weighted by molar-refractivity contribution is 6.53. The number of unbranched alkanes of at least 4 members (excludes halogenated alkanes) is 1. The summed E-state index contributed by atoms with van der Waals surface area (Å²) < 4.78 is 5.16. The molecule has 3 rings (SSSR count). The maximum absolute atomic E-state index is 12.8. The average molecular weight is 385 g/mol. The number of aryl methyl sites for hydroxylation is 1. The Morgan fingerprint density at radius 3 is 2.48 bits per heavy atom. The van der Waals surface area contributed by atoms with Crippen molar-refractivity contribution < 1.29 is 14.3 Å². The van der Waals surface area contributed by atoms with Gasteiger partial charge < -0.3 is 10.1 Å². The molecule has 2 amide bonds. The van der Waals surface area contributed by atoms with Crippen LogP contribution in [0.1, 0.15) is 25.3 Å². The van der Waals surface area contributed by atoms with Crippen molar-refractivity contribution in [3.05, 3.63) is 64.8 Å². The topological polar surface area (TPSA) is 58.6 Å². The minimum absolute atomic E-state index is 0.0748. The molecule has 0 bridgehead atoms. The predicted octanol–water partition coefficient (Wildman–Crippen LogP) is 4.47. The number of carbonyl (C=O) groups is 2. The second-order valence-electron chi connectivity index (χ2n) is 6.26. The summed E-state index contributed by atoms with van der Waals surface area (Å²) in [6.07, 6.45) is 3.28. The molecule has 0 spiro atoms. The third-order valence-corrected chi connectivity index (χ3v) is 4.73. The number of hydrogen-bond donors (Lipinski definition) is 1. The number of hydrogen-bond acceptors (Lipinski definition) is 4. The van der Waals surface area contributed by atoms with Crippen molar-refractivity contribution in [3.8, 4) is 5.75 Å². The molecule has 0 aliphatic carbocycles. The van der Waals surface area contributed by atoms with Crippen LogP contribution in [0.15, 0.2) is 59.3 Å². The van der Waals surface area contributed by atoms with Gasteiger partial charge in [-0.1, -0.05) is 43.1 Å². The molecule has 0 saturated carbocycles. The zero-order valence-corrected chi connectivity index (χ0v) is 16.0. The fraction of sp³-hybridized carbons (Fsp3) is 0.238. The molecule has 1 heterocycles. The van der Waals surface area contributed by atoms with Crippen LogP contribution in [0.3, 0.4) is 0 Å². The van der Waals surface area contributed by atoms with Gasteiger partial charge in [0.1, 0.15) is 16.5 Å². The average Bonchev–Trinajstić information content (AvgIpc) is 2.90. The largest absolute Gasteiger partial charge is 0.497 e. The van der Waals surface area contributed by atoms with Crippen molar-refractivity contribution in [2.75, 3.05) is 17.3 Å². The Bertz CT molecular complexity index is 891. The minimum atomic E-state index is -0.558. The van der Waals surface area contributed by atoms with E-state index in [1.54, 1.807) is 24.3 Å². The Hall–Kier alpha value is -2.79. The van der Waals surface area contributed by atoms with Gasteiger partial charge in [0.05, 0.1) is 12.8 Å². The van der Waals surface area contributed by atoms with Gasteiger partial charge in [0, 0.05) is 11.8 Å². The summed E-state index contributed by atoms with van der Waals surface area (Å²) in [6.45, 7) is 2.15. The van der Waals surface area contributed by atoms with E-state index in [1.165, 1.54) is 12.7 Å². The number of carbonyl (C=O) groups excluding carboxylic acids is 2. The van der Waals surface area contributed by atoms with Crippen LogP contribution in [0.4, 0.5) is 11.4 Å². The molecular weight excluding hydrogens is 364 g/mol. The number of anilines is 2. The molecule has 0 atom stereocenters. The highest BCUT2D eigenvalue weighted by Gasteiger charge is 2.39. The molecule has 1 aliphatic rings. The third kappa shape index (κ3) is 3.98. The first-order valence-corrected chi connectivity index (χ1v) is 9.21. The van der Waals surface area contributed by atoms with Gasteiger partial charge in [-0.15, -0.1) is 0 Å². The number of halogens is 1. The molecule has 27 heavy (non-hydrogen) atoms. The Morgan fingerprint density at radius 1 is 1.07 bits per heavy atom. The van der Waals surface area contributed by atoms with Crippen LogP contribution in [0, 0.1) is 0 Å². The highest BCUT2D eigenvalue weighted by atomic mass is 35.5. The molecule has 0 radical (unpaired) electrons. The van der Waals surface area contributed by atoms with Gasteiger partial charge in [0.15, 0.2) is 0 Å². The van der Waals surface area contributed by atoms with Crippen LogP contribution < -0.4 is 15.0 Å². The van der Waals surface area contributed by atoms with Crippen molar-refractivity contribution in [2.45, 2.75) is 26.2 Å². The summed E-state index contributed by atoms with van der Waals surface area (Å²) in [6, 6.07) is 14.5. The Morgan fingerprint density at radius 2 is 1.81 bits per heavy atom.